The molecule has 1 aromatic carbocycles. The number of anilines is 1. The van der Waals surface area contributed by atoms with Crippen molar-refractivity contribution < 1.29 is 14.2 Å². The molecule has 1 heterocycles. The fourth-order valence-electron chi connectivity index (χ4n) is 1.31. The van der Waals surface area contributed by atoms with Crippen LogP contribution in [0.4, 0.5) is 5.69 Å². The van der Waals surface area contributed by atoms with Gasteiger partial charge in [0.05, 0.1) is 26.0 Å². The lowest BCUT2D eigenvalue weighted by atomic mass is 10.3. The van der Waals surface area contributed by atoms with Crippen LogP contribution in [0.25, 0.3) is 0 Å². The molecule has 94 valence electrons. The number of nitrogens with zero attached hydrogens (tertiary/aromatic N) is 2. The van der Waals surface area contributed by atoms with Crippen molar-refractivity contribution in [2.24, 2.45) is 0 Å². The zero-order valence-electron chi connectivity index (χ0n) is 10.1. The lowest BCUT2D eigenvalue weighted by molar-refractivity contribution is 0.348. The number of methoxy groups -OCH3 is 2. The van der Waals surface area contributed by atoms with Gasteiger partial charge < -0.3 is 19.9 Å². The standard InChI is InChI=1S/C12H13N3O3/c1-16-10-7-11(17-2)15-12(14-10)18-9-6-4-3-5-8(9)13/h3-7H,13H2,1-2H3. The smallest absolute Gasteiger partial charge is 0.328 e. The number of aromatic nitrogens is 2. The predicted molar refractivity (Wildman–Crippen MR) is 66.1 cm³/mol. The van der Waals surface area contributed by atoms with Crippen LogP contribution in [-0.2, 0) is 0 Å². The molecule has 0 bridgehead atoms. The maximum absolute atomic E-state index is 5.77. The molecule has 0 aliphatic rings. The van der Waals surface area contributed by atoms with Gasteiger partial charge in [0.15, 0.2) is 5.75 Å². The van der Waals surface area contributed by atoms with Crippen molar-refractivity contribution in [3.8, 4) is 23.5 Å². The van der Waals surface area contributed by atoms with Crippen molar-refractivity contribution in [2.75, 3.05) is 20.0 Å². The lowest BCUT2D eigenvalue weighted by Gasteiger charge is -2.08. The molecule has 1 aromatic heterocycles. The monoisotopic (exact) mass is 247 g/mol. The Morgan fingerprint density at radius 3 is 2.17 bits per heavy atom. The largest absolute Gasteiger partial charge is 0.481 e. The molecule has 0 radical (unpaired) electrons. The second-order valence-electron chi connectivity index (χ2n) is 3.38. The minimum absolute atomic E-state index is 0.115. The Bertz CT molecular complexity index is 524. The summed E-state index contributed by atoms with van der Waals surface area (Å²) in [7, 11) is 3.00. The van der Waals surface area contributed by atoms with Gasteiger partial charge in [0.2, 0.25) is 11.8 Å². The van der Waals surface area contributed by atoms with Crippen LogP contribution in [0.3, 0.4) is 0 Å². The molecule has 0 atom stereocenters. The zero-order valence-corrected chi connectivity index (χ0v) is 10.1. The molecule has 0 amide bonds. The van der Waals surface area contributed by atoms with Crippen molar-refractivity contribution in [3.63, 3.8) is 0 Å². The molecule has 2 aromatic rings. The van der Waals surface area contributed by atoms with E-state index < -0.39 is 0 Å². The fraction of sp³-hybridized carbons (Fsp3) is 0.167. The summed E-state index contributed by atoms with van der Waals surface area (Å²) >= 11 is 0. The van der Waals surface area contributed by atoms with Crippen LogP contribution in [-0.4, -0.2) is 24.2 Å². The highest BCUT2D eigenvalue weighted by Gasteiger charge is 2.08. The Morgan fingerprint density at radius 1 is 1.00 bits per heavy atom. The highest BCUT2D eigenvalue weighted by Crippen LogP contribution is 2.27. The number of ether oxygens (including phenoxy) is 3. The van der Waals surface area contributed by atoms with E-state index >= 15 is 0 Å². The minimum atomic E-state index is 0.115. The van der Waals surface area contributed by atoms with Crippen LogP contribution in [0.15, 0.2) is 30.3 Å². The molecule has 0 unspecified atom stereocenters. The lowest BCUT2D eigenvalue weighted by Crippen LogP contribution is -1.99. The van der Waals surface area contributed by atoms with E-state index in [2.05, 4.69) is 9.97 Å². The highest BCUT2D eigenvalue weighted by atomic mass is 16.5. The third-order valence-electron chi connectivity index (χ3n) is 2.20. The summed E-state index contributed by atoms with van der Waals surface area (Å²) in [5, 5.41) is 0. The van der Waals surface area contributed by atoms with Gasteiger partial charge in [0.25, 0.3) is 0 Å². The average molecular weight is 247 g/mol. The van der Waals surface area contributed by atoms with Crippen LogP contribution >= 0.6 is 0 Å². The number of nitrogen functional groups attached to an aromatic ring is 1. The van der Waals surface area contributed by atoms with E-state index in [1.165, 1.54) is 14.2 Å². The maximum atomic E-state index is 5.77. The van der Waals surface area contributed by atoms with E-state index in [0.29, 0.717) is 23.2 Å². The van der Waals surface area contributed by atoms with E-state index in [1.54, 1.807) is 18.2 Å². The van der Waals surface area contributed by atoms with Crippen LogP contribution in [0, 0.1) is 0 Å². The Kier molecular flexibility index (Phi) is 3.47. The zero-order chi connectivity index (χ0) is 13.0. The average Bonchev–Trinajstić information content (AvgIpc) is 2.41. The Morgan fingerprint density at radius 2 is 1.61 bits per heavy atom. The van der Waals surface area contributed by atoms with Crippen molar-refractivity contribution in [1.82, 2.24) is 9.97 Å². The molecule has 6 heteroatoms. The van der Waals surface area contributed by atoms with E-state index in [-0.39, 0.29) is 6.01 Å². The third kappa shape index (κ3) is 2.60. The second kappa shape index (κ2) is 5.22. The highest BCUT2D eigenvalue weighted by molar-refractivity contribution is 5.52. The van der Waals surface area contributed by atoms with E-state index in [1.807, 2.05) is 12.1 Å². The van der Waals surface area contributed by atoms with Crippen molar-refractivity contribution in [2.45, 2.75) is 0 Å². The first kappa shape index (κ1) is 12.0. The quantitative estimate of drug-likeness (QED) is 0.831. The fourth-order valence-corrected chi connectivity index (χ4v) is 1.31. The molecule has 0 aliphatic heterocycles. The summed E-state index contributed by atoms with van der Waals surface area (Å²) < 4.78 is 15.5. The topological polar surface area (TPSA) is 79.5 Å². The number of rotatable bonds is 4. The predicted octanol–water partition coefficient (Wildman–Crippen LogP) is 1.87. The molecule has 0 saturated carbocycles. The van der Waals surface area contributed by atoms with Crippen molar-refractivity contribution in [1.29, 1.82) is 0 Å². The van der Waals surface area contributed by atoms with Gasteiger partial charge in [-0.15, -0.1) is 0 Å². The van der Waals surface area contributed by atoms with E-state index in [4.69, 9.17) is 19.9 Å². The molecule has 0 fully saturated rings. The number of benzene rings is 1. The molecular weight excluding hydrogens is 234 g/mol. The molecular formula is C12H13N3O3. The summed E-state index contributed by atoms with van der Waals surface area (Å²) in [5.74, 6) is 1.19. The summed E-state index contributed by atoms with van der Waals surface area (Å²) in [4.78, 5) is 8.09. The van der Waals surface area contributed by atoms with Gasteiger partial charge in [0, 0.05) is 0 Å². The molecule has 0 spiro atoms. The summed E-state index contributed by atoms with van der Waals surface area (Å²) in [6, 6.07) is 8.75. The van der Waals surface area contributed by atoms with Crippen molar-refractivity contribution >= 4 is 5.69 Å². The molecule has 18 heavy (non-hydrogen) atoms. The first-order valence-corrected chi connectivity index (χ1v) is 5.22. The third-order valence-corrected chi connectivity index (χ3v) is 2.20. The van der Waals surface area contributed by atoms with Gasteiger partial charge in [-0.2, -0.15) is 9.97 Å². The summed E-state index contributed by atoms with van der Waals surface area (Å²) in [6.45, 7) is 0. The number of hydrogen-bond acceptors (Lipinski definition) is 6. The first-order valence-electron chi connectivity index (χ1n) is 5.22. The van der Waals surface area contributed by atoms with E-state index in [0.717, 1.165) is 0 Å². The number of para-hydroxylation sites is 2. The minimum Gasteiger partial charge on any atom is -0.481 e. The summed E-state index contributed by atoms with van der Waals surface area (Å²) in [6.07, 6.45) is 0. The van der Waals surface area contributed by atoms with Crippen molar-refractivity contribution in [3.05, 3.63) is 30.3 Å². The SMILES string of the molecule is COc1cc(OC)nc(Oc2ccccc2N)n1. The number of nitrogens with two attached hydrogens (primary N) is 1. The van der Waals surface area contributed by atoms with E-state index in [9.17, 15) is 0 Å². The van der Waals surface area contributed by atoms with Crippen LogP contribution < -0.4 is 19.9 Å². The van der Waals surface area contributed by atoms with Gasteiger partial charge >= 0.3 is 6.01 Å². The number of hydrogen-bond donors (Lipinski definition) is 1. The molecule has 0 saturated heterocycles. The molecule has 2 N–H and O–H groups in total. The Balaban J connectivity index is 2.31. The molecule has 0 aliphatic carbocycles. The van der Waals surface area contributed by atoms with Gasteiger partial charge in [-0.25, -0.2) is 0 Å². The first-order chi connectivity index (χ1) is 8.72. The van der Waals surface area contributed by atoms with Crippen LogP contribution in [0.1, 0.15) is 0 Å². The second-order valence-corrected chi connectivity index (χ2v) is 3.38. The van der Waals surface area contributed by atoms with Gasteiger partial charge in [-0.1, -0.05) is 12.1 Å². The molecule has 6 nitrogen and oxygen atoms in total. The normalized spacial score (nSPS) is 9.89. The Hall–Kier alpha value is -2.50. The van der Waals surface area contributed by atoms with Gasteiger partial charge in [-0.05, 0) is 12.1 Å². The summed E-state index contributed by atoms with van der Waals surface area (Å²) in [5.41, 5.74) is 6.27. The van der Waals surface area contributed by atoms with Crippen LogP contribution in [0.2, 0.25) is 0 Å². The molecule has 2 rings (SSSR count). The maximum Gasteiger partial charge on any atom is 0.328 e. The van der Waals surface area contributed by atoms with Crippen LogP contribution in [0.5, 0.6) is 23.5 Å². The van der Waals surface area contributed by atoms with Gasteiger partial charge in [0.1, 0.15) is 0 Å². The Labute approximate surface area is 104 Å². The van der Waals surface area contributed by atoms with Gasteiger partial charge in [-0.3, -0.25) is 0 Å².